The quantitative estimate of drug-likeness (QED) is 0.820. The number of aryl methyl sites for hydroxylation is 2. The standard InChI is InChI=1S/C12H22N4/c1-3-10-9-14-15(2)12(10)16-7-4-5-11(13)6-8-16/h9,11H,3-8,13H2,1-2H3. The summed E-state index contributed by atoms with van der Waals surface area (Å²) in [5.41, 5.74) is 7.36. The van der Waals surface area contributed by atoms with E-state index in [1.165, 1.54) is 17.8 Å². The van der Waals surface area contributed by atoms with E-state index in [9.17, 15) is 0 Å². The Kier molecular flexibility index (Phi) is 3.49. The van der Waals surface area contributed by atoms with Gasteiger partial charge in [-0.3, -0.25) is 4.68 Å². The Hall–Kier alpha value is -1.03. The van der Waals surface area contributed by atoms with Crippen LogP contribution < -0.4 is 10.6 Å². The van der Waals surface area contributed by atoms with E-state index in [2.05, 4.69) is 16.9 Å². The normalized spacial score (nSPS) is 22.2. The number of nitrogens with zero attached hydrogens (tertiary/aromatic N) is 3. The number of rotatable bonds is 2. The van der Waals surface area contributed by atoms with E-state index in [0.29, 0.717) is 6.04 Å². The zero-order chi connectivity index (χ0) is 11.5. The lowest BCUT2D eigenvalue weighted by Gasteiger charge is -2.23. The molecule has 0 spiro atoms. The molecule has 90 valence electrons. The molecule has 0 saturated carbocycles. The number of hydrogen-bond donors (Lipinski definition) is 1. The molecule has 1 aromatic heterocycles. The number of anilines is 1. The molecule has 2 rings (SSSR count). The molecule has 0 bridgehead atoms. The zero-order valence-corrected chi connectivity index (χ0v) is 10.3. The number of nitrogens with two attached hydrogens (primary N) is 1. The van der Waals surface area contributed by atoms with Gasteiger partial charge in [0.15, 0.2) is 0 Å². The fourth-order valence-corrected chi connectivity index (χ4v) is 2.47. The van der Waals surface area contributed by atoms with Gasteiger partial charge in [0.25, 0.3) is 0 Å². The summed E-state index contributed by atoms with van der Waals surface area (Å²) < 4.78 is 2.00. The van der Waals surface area contributed by atoms with Gasteiger partial charge in [0.1, 0.15) is 5.82 Å². The second kappa shape index (κ2) is 4.87. The van der Waals surface area contributed by atoms with E-state index in [0.717, 1.165) is 32.4 Å². The number of hydrogen-bond acceptors (Lipinski definition) is 3. The van der Waals surface area contributed by atoms with Crippen LogP contribution in [-0.2, 0) is 13.5 Å². The summed E-state index contributed by atoms with van der Waals surface area (Å²) in [6, 6.07) is 0.378. The minimum Gasteiger partial charge on any atom is -0.357 e. The second-order valence-electron chi connectivity index (χ2n) is 4.65. The molecule has 1 saturated heterocycles. The Morgan fingerprint density at radius 3 is 3.00 bits per heavy atom. The van der Waals surface area contributed by atoms with E-state index >= 15 is 0 Å². The Labute approximate surface area is 97.4 Å². The molecule has 2 N–H and O–H groups in total. The maximum Gasteiger partial charge on any atom is 0.129 e. The molecular weight excluding hydrogens is 200 g/mol. The largest absolute Gasteiger partial charge is 0.357 e. The lowest BCUT2D eigenvalue weighted by Crippen LogP contribution is -2.28. The first kappa shape index (κ1) is 11.5. The summed E-state index contributed by atoms with van der Waals surface area (Å²) in [7, 11) is 2.03. The highest BCUT2D eigenvalue weighted by atomic mass is 15.4. The molecule has 1 atom stereocenters. The van der Waals surface area contributed by atoms with Crippen molar-refractivity contribution >= 4 is 5.82 Å². The van der Waals surface area contributed by atoms with Crippen LogP contribution in [0.15, 0.2) is 6.20 Å². The van der Waals surface area contributed by atoms with Crippen LogP contribution in [0.25, 0.3) is 0 Å². The maximum atomic E-state index is 6.01. The van der Waals surface area contributed by atoms with Crippen molar-refractivity contribution in [3.63, 3.8) is 0 Å². The Bertz CT molecular complexity index is 345. The van der Waals surface area contributed by atoms with Gasteiger partial charge in [-0.2, -0.15) is 5.10 Å². The topological polar surface area (TPSA) is 47.1 Å². The lowest BCUT2D eigenvalue weighted by molar-refractivity contribution is 0.601. The van der Waals surface area contributed by atoms with Crippen LogP contribution in [0, 0.1) is 0 Å². The summed E-state index contributed by atoms with van der Waals surface area (Å²) in [6.07, 6.45) is 6.46. The number of aromatic nitrogens is 2. The Morgan fingerprint density at radius 2 is 2.25 bits per heavy atom. The van der Waals surface area contributed by atoms with E-state index in [1.807, 2.05) is 17.9 Å². The van der Waals surface area contributed by atoms with Gasteiger partial charge in [0, 0.05) is 31.7 Å². The molecule has 4 nitrogen and oxygen atoms in total. The van der Waals surface area contributed by atoms with Crippen molar-refractivity contribution < 1.29 is 0 Å². The van der Waals surface area contributed by atoms with E-state index in [1.54, 1.807) is 0 Å². The van der Waals surface area contributed by atoms with Crippen molar-refractivity contribution in [3.8, 4) is 0 Å². The molecule has 0 aromatic carbocycles. The third-order valence-electron chi connectivity index (χ3n) is 3.43. The van der Waals surface area contributed by atoms with Crippen LogP contribution in [0.5, 0.6) is 0 Å². The third-order valence-corrected chi connectivity index (χ3v) is 3.43. The fourth-order valence-electron chi connectivity index (χ4n) is 2.47. The lowest BCUT2D eigenvalue weighted by atomic mass is 10.1. The van der Waals surface area contributed by atoms with Crippen LogP contribution >= 0.6 is 0 Å². The van der Waals surface area contributed by atoms with Crippen LogP contribution in [0.1, 0.15) is 31.7 Å². The van der Waals surface area contributed by atoms with E-state index < -0.39 is 0 Å². The first-order valence-electron chi connectivity index (χ1n) is 6.23. The smallest absolute Gasteiger partial charge is 0.129 e. The van der Waals surface area contributed by atoms with Gasteiger partial charge in [0.2, 0.25) is 0 Å². The van der Waals surface area contributed by atoms with Gasteiger partial charge in [-0.25, -0.2) is 0 Å². The molecule has 0 aliphatic carbocycles. The van der Waals surface area contributed by atoms with Crippen molar-refractivity contribution in [1.29, 1.82) is 0 Å². The highest BCUT2D eigenvalue weighted by molar-refractivity contribution is 5.47. The highest BCUT2D eigenvalue weighted by Crippen LogP contribution is 2.23. The predicted octanol–water partition coefficient (Wildman–Crippen LogP) is 1.30. The molecule has 1 aliphatic rings. The van der Waals surface area contributed by atoms with Crippen molar-refractivity contribution in [3.05, 3.63) is 11.8 Å². The third kappa shape index (κ3) is 2.21. The SMILES string of the molecule is CCc1cnn(C)c1N1CCCC(N)CC1. The average molecular weight is 222 g/mol. The molecule has 0 amide bonds. The summed E-state index contributed by atoms with van der Waals surface area (Å²) in [5, 5.41) is 4.36. The molecule has 1 aromatic rings. The van der Waals surface area contributed by atoms with Gasteiger partial charge >= 0.3 is 0 Å². The van der Waals surface area contributed by atoms with E-state index in [-0.39, 0.29) is 0 Å². The van der Waals surface area contributed by atoms with Gasteiger partial charge in [0.05, 0.1) is 6.20 Å². The molecule has 1 aliphatic heterocycles. The van der Waals surface area contributed by atoms with Gasteiger partial charge in [-0.15, -0.1) is 0 Å². The average Bonchev–Trinajstić information content (AvgIpc) is 2.51. The summed E-state index contributed by atoms with van der Waals surface area (Å²) >= 11 is 0. The van der Waals surface area contributed by atoms with Crippen LogP contribution in [0.4, 0.5) is 5.82 Å². The van der Waals surface area contributed by atoms with E-state index in [4.69, 9.17) is 5.73 Å². The molecule has 0 radical (unpaired) electrons. The Balaban J connectivity index is 2.18. The van der Waals surface area contributed by atoms with Crippen molar-refractivity contribution in [2.45, 2.75) is 38.6 Å². The van der Waals surface area contributed by atoms with Crippen molar-refractivity contribution in [1.82, 2.24) is 9.78 Å². The molecule has 2 heterocycles. The molecule has 4 heteroatoms. The molecule has 1 fully saturated rings. The minimum absolute atomic E-state index is 0.378. The highest BCUT2D eigenvalue weighted by Gasteiger charge is 2.19. The van der Waals surface area contributed by atoms with Gasteiger partial charge in [-0.1, -0.05) is 6.92 Å². The second-order valence-corrected chi connectivity index (χ2v) is 4.65. The van der Waals surface area contributed by atoms with Crippen LogP contribution in [0.3, 0.4) is 0 Å². The molecule has 16 heavy (non-hydrogen) atoms. The first-order chi connectivity index (χ1) is 7.72. The summed E-state index contributed by atoms with van der Waals surface area (Å²) in [4.78, 5) is 2.44. The molecule has 1 unspecified atom stereocenters. The van der Waals surface area contributed by atoms with Gasteiger partial charge in [-0.05, 0) is 25.7 Å². The summed E-state index contributed by atoms with van der Waals surface area (Å²) in [6.45, 7) is 4.36. The monoisotopic (exact) mass is 222 g/mol. The maximum absolute atomic E-state index is 6.01. The predicted molar refractivity (Wildman–Crippen MR) is 66.6 cm³/mol. The van der Waals surface area contributed by atoms with Gasteiger partial charge < -0.3 is 10.6 Å². The van der Waals surface area contributed by atoms with Crippen LogP contribution in [-0.4, -0.2) is 28.9 Å². The van der Waals surface area contributed by atoms with Crippen molar-refractivity contribution in [2.75, 3.05) is 18.0 Å². The zero-order valence-electron chi connectivity index (χ0n) is 10.3. The molecular formula is C12H22N4. The van der Waals surface area contributed by atoms with Crippen LogP contribution in [0.2, 0.25) is 0 Å². The van der Waals surface area contributed by atoms with Crippen molar-refractivity contribution in [2.24, 2.45) is 12.8 Å². The summed E-state index contributed by atoms with van der Waals surface area (Å²) in [5.74, 6) is 1.29. The minimum atomic E-state index is 0.378. The first-order valence-corrected chi connectivity index (χ1v) is 6.23. The fraction of sp³-hybridized carbons (Fsp3) is 0.750. The Morgan fingerprint density at radius 1 is 1.44 bits per heavy atom.